The third-order valence-corrected chi connectivity index (χ3v) is 4.86. The molecular weight excluding hydrogens is 376 g/mol. The van der Waals surface area contributed by atoms with Gasteiger partial charge < -0.3 is 24.3 Å². The molecule has 0 bridgehead atoms. The summed E-state index contributed by atoms with van der Waals surface area (Å²) >= 11 is 0. The van der Waals surface area contributed by atoms with Crippen molar-refractivity contribution in [2.75, 3.05) is 0 Å². The molecule has 3 heterocycles. The normalized spacial score (nSPS) is 21.1. The van der Waals surface area contributed by atoms with Crippen molar-refractivity contribution < 1.29 is 19.4 Å². The van der Waals surface area contributed by atoms with Crippen molar-refractivity contribution >= 4 is 23.2 Å². The number of imidazole rings is 1. The van der Waals surface area contributed by atoms with Gasteiger partial charge in [0.25, 0.3) is 0 Å². The molecule has 3 aromatic rings. The van der Waals surface area contributed by atoms with Gasteiger partial charge >= 0.3 is 12.1 Å². The molecular formula is C19H22N6O4. The molecule has 0 aromatic carbocycles. The summed E-state index contributed by atoms with van der Waals surface area (Å²) in [6, 6.07) is 3.78. The second kappa shape index (κ2) is 6.57. The first-order valence-electron chi connectivity index (χ1n) is 9.23. The van der Waals surface area contributed by atoms with Gasteiger partial charge in [-0.15, -0.1) is 0 Å². The Labute approximate surface area is 166 Å². The van der Waals surface area contributed by atoms with Crippen LogP contribution >= 0.6 is 0 Å². The number of aliphatic carboxylic acids is 1. The Morgan fingerprint density at radius 2 is 2.00 bits per heavy atom. The molecule has 2 N–H and O–H groups in total. The fourth-order valence-electron chi connectivity index (χ4n) is 3.41. The molecule has 1 saturated carbocycles. The van der Waals surface area contributed by atoms with Crippen LogP contribution in [0.5, 0.6) is 0 Å². The Kier molecular flexibility index (Phi) is 4.29. The lowest BCUT2D eigenvalue weighted by atomic mass is 10.2. The molecule has 0 radical (unpaired) electrons. The van der Waals surface area contributed by atoms with Crippen molar-refractivity contribution in [3.63, 3.8) is 0 Å². The molecule has 152 valence electrons. The van der Waals surface area contributed by atoms with E-state index in [2.05, 4.69) is 20.3 Å². The van der Waals surface area contributed by atoms with E-state index in [9.17, 15) is 14.7 Å². The fraction of sp³-hybridized carbons (Fsp3) is 0.421. The summed E-state index contributed by atoms with van der Waals surface area (Å²) in [6.45, 7) is 5.53. The molecule has 10 nitrogen and oxygen atoms in total. The number of rotatable bonds is 5. The highest BCUT2D eigenvalue weighted by atomic mass is 16.6. The van der Waals surface area contributed by atoms with Crippen molar-refractivity contribution in [2.45, 2.75) is 44.9 Å². The number of ether oxygens (including phenoxy) is 1. The highest BCUT2D eigenvalue weighted by Gasteiger charge is 2.62. The smallest absolute Gasteiger partial charge is 0.408 e. The summed E-state index contributed by atoms with van der Waals surface area (Å²) in [7, 11) is 0. The standard InChI is InChI=1S/C19H22N6O4/c1-18(2,3)29-17(28)23-19(16(26)27)8-12(19)9-25-11-22-13-14(20-10-21-15(13)25)24-6-4-5-7-24/h4-7,10-12H,8-9H2,1-3H3,(H,23,28)(H,26,27)/t12-,19-/m0/s1. The van der Waals surface area contributed by atoms with E-state index in [1.54, 1.807) is 31.7 Å². The van der Waals surface area contributed by atoms with Crippen LogP contribution in [0.1, 0.15) is 27.2 Å². The summed E-state index contributed by atoms with van der Waals surface area (Å²) in [5.41, 5.74) is -0.840. The average Bonchev–Trinajstić information content (AvgIpc) is 3.01. The molecule has 3 aromatic heterocycles. The largest absolute Gasteiger partial charge is 0.479 e. The summed E-state index contributed by atoms with van der Waals surface area (Å²) in [5.74, 6) is -0.749. The number of amides is 1. The number of hydrogen-bond donors (Lipinski definition) is 2. The van der Waals surface area contributed by atoms with E-state index in [-0.39, 0.29) is 5.92 Å². The lowest BCUT2D eigenvalue weighted by Crippen LogP contribution is -2.47. The van der Waals surface area contributed by atoms with Crippen molar-refractivity contribution in [2.24, 2.45) is 5.92 Å². The second-order valence-corrected chi connectivity index (χ2v) is 8.16. The highest BCUT2D eigenvalue weighted by molar-refractivity contribution is 5.88. The Morgan fingerprint density at radius 3 is 2.66 bits per heavy atom. The number of nitrogens with zero attached hydrogens (tertiary/aromatic N) is 5. The molecule has 1 aliphatic rings. The topological polar surface area (TPSA) is 124 Å². The number of hydrogen-bond acceptors (Lipinski definition) is 6. The maximum atomic E-state index is 12.1. The van der Waals surface area contributed by atoms with Gasteiger partial charge in [-0.25, -0.2) is 24.5 Å². The molecule has 29 heavy (non-hydrogen) atoms. The number of nitrogens with one attached hydrogen (secondary N) is 1. The minimum atomic E-state index is -1.35. The summed E-state index contributed by atoms with van der Waals surface area (Å²) in [5, 5.41) is 12.2. The molecule has 10 heteroatoms. The van der Waals surface area contributed by atoms with Crippen LogP contribution in [-0.2, 0) is 16.1 Å². The quantitative estimate of drug-likeness (QED) is 0.673. The van der Waals surface area contributed by atoms with E-state index in [0.717, 1.165) is 0 Å². The first-order valence-corrected chi connectivity index (χ1v) is 9.23. The van der Waals surface area contributed by atoms with Crippen LogP contribution < -0.4 is 5.32 Å². The number of fused-ring (bicyclic) bond motifs is 1. The maximum absolute atomic E-state index is 12.1. The van der Waals surface area contributed by atoms with Crippen LogP contribution in [0, 0.1) is 5.92 Å². The Hall–Kier alpha value is -3.43. The van der Waals surface area contributed by atoms with E-state index < -0.39 is 23.2 Å². The number of alkyl carbamates (subject to hydrolysis) is 1. The van der Waals surface area contributed by atoms with Gasteiger partial charge in [-0.3, -0.25) is 0 Å². The monoisotopic (exact) mass is 398 g/mol. The third-order valence-electron chi connectivity index (χ3n) is 4.86. The Bertz CT molecular complexity index is 1070. The van der Waals surface area contributed by atoms with Crippen molar-refractivity contribution in [1.82, 2.24) is 29.4 Å². The molecule has 1 fully saturated rings. The number of carboxylic acids is 1. The van der Waals surface area contributed by atoms with Crippen LogP contribution in [0.25, 0.3) is 17.0 Å². The third kappa shape index (κ3) is 3.53. The van der Waals surface area contributed by atoms with Gasteiger partial charge in [-0.1, -0.05) is 0 Å². The van der Waals surface area contributed by atoms with Gasteiger partial charge in [-0.2, -0.15) is 0 Å². The molecule has 0 spiro atoms. The molecule has 0 aliphatic heterocycles. The fourth-order valence-corrected chi connectivity index (χ4v) is 3.41. The minimum absolute atomic E-state index is 0.302. The zero-order valence-corrected chi connectivity index (χ0v) is 16.4. The lowest BCUT2D eigenvalue weighted by Gasteiger charge is -2.22. The zero-order valence-electron chi connectivity index (χ0n) is 16.4. The lowest BCUT2D eigenvalue weighted by molar-refractivity contribution is -0.141. The molecule has 0 unspecified atom stereocenters. The summed E-state index contributed by atoms with van der Waals surface area (Å²) < 4.78 is 8.84. The van der Waals surface area contributed by atoms with Crippen LogP contribution in [0.2, 0.25) is 0 Å². The predicted octanol–water partition coefficient (Wildman–Crippen LogP) is 1.98. The van der Waals surface area contributed by atoms with Gasteiger partial charge in [0.05, 0.1) is 6.33 Å². The number of carboxylic acid groups (broad SMARTS) is 1. The van der Waals surface area contributed by atoms with Crippen LogP contribution in [0.3, 0.4) is 0 Å². The number of aromatic nitrogens is 5. The number of carbonyl (C=O) groups excluding carboxylic acids is 1. The van der Waals surface area contributed by atoms with E-state index in [0.29, 0.717) is 29.9 Å². The molecule has 4 rings (SSSR count). The summed E-state index contributed by atoms with van der Waals surface area (Å²) in [4.78, 5) is 37.0. The maximum Gasteiger partial charge on any atom is 0.408 e. The van der Waals surface area contributed by atoms with Crippen LogP contribution in [-0.4, -0.2) is 52.4 Å². The van der Waals surface area contributed by atoms with E-state index in [4.69, 9.17) is 4.74 Å². The Morgan fingerprint density at radius 1 is 1.28 bits per heavy atom. The van der Waals surface area contributed by atoms with Crippen molar-refractivity contribution in [3.8, 4) is 5.82 Å². The predicted molar refractivity (Wildman–Crippen MR) is 102 cm³/mol. The SMILES string of the molecule is CC(C)(C)OC(=O)N[C@@]1(C(=O)O)C[C@H]1Cn1cnc2c(-n3cccc3)ncnc21. The van der Waals surface area contributed by atoms with E-state index in [1.807, 2.05) is 29.1 Å². The van der Waals surface area contributed by atoms with Crippen molar-refractivity contribution in [1.29, 1.82) is 0 Å². The molecule has 2 atom stereocenters. The van der Waals surface area contributed by atoms with Crippen LogP contribution in [0.15, 0.2) is 37.2 Å². The van der Waals surface area contributed by atoms with Crippen molar-refractivity contribution in [3.05, 3.63) is 37.2 Å². The Balaban J connectivity index is 1.55. The van der Waals surface area contributed by atoms with Gasteiger partial charge in [0.1, 0.15) is 17.5 Å². The van der Waals surface area contributed by atoms with Gasteiger partial charge in [-0.05, 0) is 39.3 Å². The van der Waals surface area contributed by atoms with Gasteiger partial charge in [0.2, 0.25) is 0 Å². The molecule has 1 aliphatic carbocycles. The zero-order chi connectivity index (χ0) is 20.8. The first-order chi connectivity index (χ1) is 13.7. The minimum Gasteiger partial charge on any atom is -0.479 e. The highest BCUT2D eigenvalue weighted by Crippen LogP contribution is 2.45. The number of carbonyl (C=O) groups is 2. The average molecular weight is 398 g/mol. The second-order valence-electron chi connectivity index (χ2n) is 8.16. The first kappa shape index (κ1) is 18.9. The molecule has 1 amide bonds. The summed E-state index contributed by atoms with van der Waals surface area (Å²) in [6.07, 6.45) is 6.35. The van der Waals surface area contributed by atoms with E-state index >= 15 is 0 Å². The van der Waals surface area contributed by atoms with Crippen LogP contribution in [0.4, 0.5) is 4.79 Å². The van der Waals surface area contributed by atoms with Gasteiger partial charge in [0.15, 0.2) is 17.0 Å². The molecule has 0 saturated heterocycles. The van der Waals surface area contributed by atoms with E-state index in [1.165, 1.54) is 6.33 Å². The van der Waals surface area contributed by atoms with Gasteiger partial charge in [0, 0.05) is 24.9 Å².